The van der Waals surface area contributed by atoms with Crippen molar-refractivity contribution in [3.63, 3.8) is 0 Å². The summed E-state index contributed by atoms with van der Waals surface area (Å²) in [6.07, 6.45) is 0. The molecule has 0 aliphatic carbocycles. The van der Waals surface area contributed by atoms with Crippen molar-refractivity contribution in [3.8, 4) is 5.75 Å². The predicted molar refractivity (Wildman–Crippen MR) is 86.4 cm³/mol. The van der Waals surface area contributed by atoms with Crippen LogP contribution in [-0.2, 0) is 0 Å². The summed E-state index contributed by atoms with van der Waals surface area (Å²) in [5.41, 5.74) is 17.0. The van der Waals surface area contributed by atoms with E-state index in [0.29, 0.717) is 30.8 Å². The molecular weight excluding hydrogens is 248 g/mol. The van der Waals surface area contributed by atoms with Crippen molar-refractivity contribution in [1.82, 2.24) is 0 Å². The summed E-state index contributed by atoms with van der Waals surface area (Å²) >= 11 is 0. The lowest BCUT2D eigenvalue weighted by Gasteiger charge is -2.30. The third kappa shape index (κ3) is 3.15. The fraction of sp³-hybridized carbons (Fsp3) is 0.647. The SMILES string of the molecule is COc1cc(C)c(C(C)C(C)C(CN)CN)c(C)c1C. The summed E-state index contributed by atoms with van der Waals surface area (Å²) < 4.78 is 5.45. The molecule has 4 N–H and O–H groups in total. The van der Waals surface area contributed by atoms with E-state index in [1.54, 1.807) is 7.11 Å². The van der Waals surface area contributed by atoms with E-state index in [-0.39, 0.29) is 0 Å². The maximum absolute atomic E-state index is 5.85. The van der Waals surface area contributed by atoms with Crippen LogP contribution in [0.1, 0.15) is 42.0 Å². The summed E-state index contributed by atoms with van der Waals surface area (Å²) in [6, 6.07) is 2.14. The maximum atomic E-state index is 5.85. The predicted octanol–water partition coefficient (Wildman–Crippen LogP) is 2.89. The van der Waals surface area contributed by atoms with Gasteiger partial charge in [0.2, 0.25) is 0 Å². The van der Waals surface area contributed by atoms with E-state index in [1.807, 2.05) is 0 Å². The number of benzene rings is 1. The number of rotatable bonds is 6. The van der Waals surface area contributed by atoms with E-state index in [4.69, 9.17) is 16.2 Å². The number of ether oxygens (including phenoxy) is 1. The van der Waals surface area contributed by atoms with Gasteiger partial charge in [-0.1, -0.05) is 13.8 Å². The first-order chi connectivity index (χ1) is 9.38. The lowest BCUT2D eigenvalue weighted by atomic mass is 9.76. The van der Waals surface area contributed by atoms with Gasteiger partial charge in [-0.3, -0.25) is 0 Å². The van der Waals surface area contributed by atoms with Gasteiger partial charge in [-0.2, -0.15) is 0 Å². The normalized spacial score (nSPS) is 14.4. The average molecular weight is 278 g/mol. The Hall–Kier alpha value is -1.06. The molecule has 1 aromatic rings. The molecule has 0 bridgehead atoms. The molecule has 0 spiro atoms. The van der Waals surface area contributed by atoms with Crippen molar-refractivity contribution in [3.05, 3.63) is 28.3 Å². The molecule has 0 amide bonds. The highest BCUT2D eigenvalue weighted by Crippen LogP contribution is 2.37. The van der Waals surface area contributed by atoms with E-state index in [0.717, 1.165) is 5.75 Å². The summed E-state index contributed by atoms with van der Waals surface area (Å²) in [5, 5.41) is 0. The molecule has 3 heteroatoms. The third-order valence-corrected chi connectivity index (χ3v) is 4.92. The van der Waals surface area contributed by atoms with Gasteiger partial charge in [-0.05, 0) is 79.9 Å². The smallest absolute Gasteiger partial charge is 0.122 e. The molecule has 2 atom stereocenters. The highest BCUT2D eigenvalue weighted by atomic mass is 16.5. The van der Waals surface area contributed by atoms with Crippen LogP contribution in [0.15, 0.2) is 6.07 Å². The lowest BCUT2D eigenvalue weighted by molar-refractivity contribution is 0.326. The van der Waals surface area contributed by atoms with Crippen LogP contribution in [-0.4, -0.2) is 20.2 Å². The van der Waals surface area contributed by atoms with Crippen LogP contribution in [0.2, 0.25) is 0 Å². The van der Waals surface area contributed by atoms with Gasteiger partial charge in [0, 0.05) is 0 Å². The van der Waals surface area contributed by atoms with E-state index < -0.39 is 0 Å². The van der Waals surface area contributed by atoms with Gasteiger partial charge >= 0.3 is 0 Å². The minimum Gasteiger partial charge on any atom is -0.496 e. The van der Waals surface area contributed by atoms with E-state index in [1.165, 1.54) is 22.3 Å². The van der Waals surface area contributed by atoms with Gasteiger partial charge in [0.25, 0.3) is 0 Å². The van der Waals surface area contributed by atoms with Crippen molar-refractivity contribution in [1.29, 1.82) is 0 Å². The monoisotopic (exact) mass is 278 g/mol. The van der Waals surface area contributed by atoms with E-state index in [2.05, 4.69) is 40.7 Å². The Balaban J connectivity index is 3.22. The molecule has 1 rings (SSSR count). The van der Waals surface area contributed by atoms with Crippen molar-refractivity contribution in [2.75, 3.05) is 20.2 Å². The molecule has 20 heavy (non-hydrogen) atoms. The van der Waals surface area contributed by atoms with Crippen LogP contribution in [0.25, 0.3) is 0 Å². The Kier molecular flexibility index (Phi) is 6.03. The molecule has 0 aliphatic rings. The Morgan fingerprint density at radius 1 is 1.05 bits per heavy atom. The second-order valence-electron chi connectivity index (χ2n) is 5.94. The van der Waals surface area contributed by atoms with Crippen LogP contribution in [0, 0.1) is 32.6 Å². The Morgan fingerprint density at radius 3 is 2.05 bits per heavy atom. The number of nitrogens with two attached hydrogens (primary N) is 2. The number of aryl methyl sites for hydroxylation is 1. The summed E-state index contributed by atoms with van der Waals surface area (Å²) in [5.74, 6) is 2.25. The van der Waals surface area contributed by atoms with Crippen LogP contribution in [0.5, 0.6) is 5.75 Å². The Labute approximate surface area is 123 Å². The molecule has 0 saturated carbocycles. The topological polar surface area (TPSA) is 61.3 Å². The minimum absolute atomic E-state index is 0.367. The second-order valence-corrected chi connectivity index (χ2v) is 5.94. The van der Waals surface area contributed by atoms with Gasteiger partial charge < -0.3 is 16.2 Å². The number of hydrogen-bond acceptors (Lipinski definition) is 3. The fourth-order valence-electron chi connectivity index (χ4n) is 3.17. The molecule has 114 valence electrons. The average Bonchev–Trinajstić information content (AvgIpc) is 2.43. The molecular formula is C17H30N2O. The van der Waals surface area contributed by atoms with Crippen molar-refractivity contribution in [2.24, 2.45) is 23.3 Å². The van der Waals surface area contributed by atoms with Gasteiger partial charge in [-0.15, -0.1) is 0 Å². The molecule has 0 heterocycles. The Morgan fingerprint density at radius 2 is 1.60 bits per heavy atom. The molecule has 0 aromatic heterocycles. The van der Waals surface area contributed by atoms with Crippen LogP contribution < -0.4 is 16.2 Å². The zero-order chi connectivity index (χ0) is 15.4. The zero-order valence-electron chi connectivity index (χ0n) is 13.8. The summed E-state index contributed by atoms with van der Waals surface area (Å²) in [7, 11) is 1.73. The summed E-state index contributed by atoms with van der Waals surface area (Å²) in [4.78, 5) is 0. The number of methoxy groups -OCH3 is 1. The zero-order valence-corrected chi connectivity index (χ0v) is 13.8. The molecule has 0 aliphatic heterocycles. The molecule has 3 nitrogen and oxygen atoms in total. The van der Waals surface area contributed by atoms with Crippen molar-refractivity contribution in [2.45, 2.75) is 40.5 Å². The molecule has 1 aromatic carbocycles. The molecule has 0 saturated heterocycles. The minimum atomic E-state index is 0.367. The van der Waals surface area contributed by atoms with Gasteiger partial charge in [-0.25, -0.2) is 0 Å². The van der Waals surface area contributed by atoms with E-state index in [9.17, 15) is 0 Å². The van der Waals surface area contributed by atoms with Gasteiger partial charge in [0.1, 0.15) is 5.75 Å². The van der Waals surface area contributed by atoms with Crippen LogP contribution in [0.4, 0.5) is 0 Å². The first-order valence-electron chi connectivity index (χ1n) is 7.43. The molecule has 0 radical (unpaired) electrons. The highest BCUT2D eigenvalue weighted by Gasteiger charge is 2.25. The van der Waals surface area contributed by atoms with Crippen LogP contribution >= 0.6 is 0 Å². The van der Waals surface area contributed by atoms with Crippen molar-refractivity contribution >= 4 is 0 Å². The molecule has 2 unspecified atom stereocenters. The lowest BCUT2D eigenvalue weighted by Crippen LogP contribution is -2.32. The van der Waals surface area contributed by atoms with Gasteiger partial charge in [0.15, 0.2) is 0 Å². The quantitative estimate of drug-likeness (QED) is 0.841. The van der Waals surface area contributed by atoms with Crippen LogP contribution in [0.3, 0.4) is 0 Å². The second kappa shape index (κ2) is 7.09. The first-order valence-corrected chi connectivity index (χ1v) is 7.43. The van der Waals surface area contributed by atoms with Gasteiger partial charge in [0.05, 0.1) is 7.11 Å². The first kappa shape index (κ1) is 17.0. The fourth-order valence-corrected chi connectivity index (χ4v) is 3.17. The maximum Gasteiger partial charge on any atom is 0.122 e. The van der Waals surface area contributed by atoms with Crippen molar-refractivity contribution < 1.29 is 4.74 Å². The highest BCUT2D eigenvalue weighted by molar-refractivity contribution is 5.49. The Bertz CT molecular complexity index is 453. The summed E-state index contributed by atoms with van der Waals surface area (Å²) in [6.45, 7) is 12.3. The third-order valence-electron chi connectivity index (χ3n) is 4.92. The largest absolute Gasteiger partial charge is 0.496 e. The standard InChI is InChI=1S/C17H30N2O/c1-10-7-16(20-6)12(3)14(5)17(10)13(4)11(2)15(8-18)9-19/h7,11,13,15H,8-9,18-19H2,1-6H3. The molecule has 0 fully saturated rings. The van der Waals surface area contributed by atoms with E-state index >= 15 is 0 Å². The number of hydrogen-bond donors (Lipinski definition) is 2.